The van der Waals surface area contributed by atoms with Crippen molar-refractivity contribution in [1.82, 2.24) is 20.1 Å². The number of hydrogen-bond acceptors (Lipinski definition) is 6. The van der Waals surface area contributed by atoms with Gasteiger partial charge in [0.25, 0.3) is 5.91 Å². The third-order valence-electron chi connectivity index (χ3n) is 4.82. The maximum Gasteiger partial charge on any atom is 0.416 e. The van der Waals surface area contributed by atoms with E-state index < -0.39 is 23.6 Å². The number of anilines is 1. The van der Waals surface area contributed by atoms with Gasteiger partial charge in [-0.1, -0.05) is 41.0 Å². The highest BCUT2D eigenvalue weighted by atomic mass is 35.5. The van der Waals surface area contributed by atoms with Gasteiger partial charge in [-0.3, -0.25) is 14.2 Å². The Morgan fingerprint density at radius 3 is 2.57 bits per heavy atom. The molecule has 0 bridgehead atoms. The Kier molecular flexibility index (Phi) is 8.10. The van der Waals surface area contributed by atoms with E-state index >= 15 is 0 Å². The van der Waals surface area contributed by atoms with E-state index in [0.717, 1.165) is 30.0 Å². The first-order valence-corrected chi connectivity index (χ1v) is 12.2. The molecule has 0 aliphatic heterocycles. The van der Waals surface area contributed by atoms with Crippen LogP contribution in [0.3, 0.4) is 0 Å². The first kappa shape index (κ1) is 26.6. The highest BCUT2D eigenvalue weighted by Crippen LogP contribution is 2.34. The molecule has 4 aromatic rings. The smallest absolute Gasteiger partial charge is 0.416 e. The molecule has 0 spiro atoms. The van der Waals surface area contributed by atoms with Crippen LogP contribution < -0.4 is 10.6 Å². The highest BCUT2D eigenvalue weighted by molar-refractivity contribution is 7.99. The number of hydrogen-bond donors (Lipinski definition) is 2. The Morgan fingerprint density at radius 1 is 1.05 bits per heavy atom. The molecular weight excluding hydrogens is 554 g/mol. The maximum atomic E-state index is 13.0. The predicted molar refractivity (Wildman–Crippen MR) is 132 cm³/mol. The summed E-state index contributed by atoms with van der Waals surface area (Å²) in [5, 5.41) is 14.0. The van der Waals surface area contributed by atoms with Crippen molar-refractivity contribution in [2.45, 2.75) is 17.9 Å². The zero-order valence-electron chi connectivity index (χ0n) is 18.6. The molecule has 4 rings (SSSR count). The van der Waals surface area contributed by atoms with Gasteiger partial charge in [0.15, 0.2) is 16.7 Å². The SMILES string of the molecule is O=C(CSc1nnc(CNC(=O)c2ccco2)n1-c1cccc(Cl)c1)Nc1cc(C(F)(F)F)ccc1Cl. The fourth-order valence-corrected chi connectivity index (χ4v) is 4.27. The van der Waals surface area contributed by atoms with Gasteiger partial charge < -0.3 is 15.1 Å². The van der Waals surface area contributed by atoms with Gasteiger partial charge in [0.2, 0.25) is 5.91 Å². The van der Waals surface area contributed by atoms with E-state index in [1.165, 1.54) is 12.3 Å². The average Bonchev–Trinajstić information content (AvgIpc) is 3.52. The number of nitrogens with one attached hydrogen (secondary N) is 2. The van der Waals surface area contributed by atoms with E-state index in [0.29, 0.717) is 16.5 Å². The van der Waals surface area contributed by atoms with Crippen LogP contribution in [0.4, 0.5) is 18.9 Å². The molecule has 8 nitrogen and oxygen atoms in total. The zero-order chi connectivity index (χ0) is 26.6. The lowest BCUT2D eigenvalue weighted by Gasteiger charge is -2.12. The van der Waals surface area contributed by atoms with Crippen LogP contribution in [-0.2, 0) is 17.5 Å². The molecule has 0 unspecified atom stereocenters. The molecule has 0 aliphatic carbocycles. The second kappa shape index (κ2) is 11.3. The minimum atomic E-state index is -4.59. The summed E-state index contributed by atoms with van der Waals surface area (Å²) in [5.41, 5.74) is -0.537. The van der Waals surface area contributed by atoms with Crippen molar-refractivity contribution in [3.05, 3.63) is 88.1 Å². The summed E-state index contributed by atoms with van der Waals surface area (Å²) in [4.78, 5) is 24.8. The number of benzene rings is 2. The number of carbonyl (C=O) groups excluding carboxylic acids is 2. The summed E-state index contributed by atoms with van der Waals surface area (Å²) in [6.45, 7) is -0.0222. The van der Waals surface area contributed by atoms with Gasteiger partial charge >= 0.3 is 6.18 Å². The second-order valence-corrected chi connectivity index (χ2v) is 9.19. The molecule has 0 radical (unpaired) electrons. The van der Waals surface area contributed by atoms with Gasteiger partial charge in [-0.2, -0.15) is 13.2 Å². The van der Waals surface area contributed by atoms with E-state index in [-0.39, 0.29) is 33.9 Å². The Balaban J connectivity index is 1.51. The minimum Gasteiger partial charge on any atom is -0.459 e. The molecule has 14 heteroatoms. The standard InChI is InChI=1S/C23H16Cl2F3N5O3S/c24-14-3-1-4-15(10-14)33-19(11-29-21(35)18-5-2-8-36-18)31-32-22(33)37-12-20(34)30-17-9-13(23(26,27)28)6-7-16(17)25/h1-10H,11-12H2,(H,29,35)(H,30,34). The van der Waals surface area contributed by atoms with Gasteiger partial charge in [-0.25, -0.2) is 0 Å². The number of alkyl halides is 3. The first-order chi connectivity index (χ1) is 17.6. The van der Waals surface area contributed by atoms with Crippen molar-refractivity contribution in [1.29, 1.82) is 0 Å². The van der Waals surface area contributed by atoms with E-state index in [1.807, 2.05) is 0 Å². The molecule has 2 N–H and O–H groups in total. The number of thioether (sulfide) groups is 1. The summed E-state index contributed by atoms with van der Waals surface area (Å²) in [5.74, 6) is -0.833. The fraction of sp³-hybridized carbons (Fsp3) is 0.130. The molecular formula is C23H16Cl2F3N5O3S. The number of carbonyl (C=O) groups is 2. The molecule has 0 aliphatic rings. The van der Waals surface area contributed by atoms with Gasteiger partial charge in [-0.05, 0) is 48.5 Å². The fourth-order valence-electron chi connectivity index (χ4n) is 3.15. The maximum absolute atomic E-state index is 13.0. The van der Waals surface area contributed by atoms with Crippen molar-refractivity contribution in [3.8, 4) is 5.69 Å². The van der Waals surface area contributed by atoms with Crippen LogP contribution in [0.5, 0.6) is 0 Å². The molecule has 0 saturated carbocycles. The van der Waals surface area contributed by atoms with Crippen LogP contribution >= 0.6 is 35.0 Å². The van der Waals surface area contributed by atoms with Crippen LogP contribution in [0.2, 0.25) is 10.0 Å². The van der Waals surface area contributed by atoms with Gasteiger partial charge in [0.1, 0.15) is 0 Å². The Morgan fingerprint density at radius 2 is 1.86 bits per heavy atom. The number of halogens is 5. The van der Waals surface area contributed by atoms with Crippen molar-refractivity contribution >= 4 is 52.5 Å². The molecule has 37 heavy (non-hydrogen) atoms. The van der Waals surface area contributed by atoms with E-state index in [4.69, 9.17) is 27.6 Å². The third-order valence-corrected chi connectivity index (χ3v) is 6.31. The van der Waals surface area contributed by atoms with E-state index in [1.54, 1.807) is 34.9 Å². The number of furan rings is 1. The Hall–Kier alpha value is -3.48. The lowest BCUT2D eigenvalue weighted by molar-refractivity contribution is -0.137. The summed E-state index contributed by atoms with van der Waals surface area (Å²) < 4.78 is 45.7. The monoisotopic (exact) mass is 569 g/mol. The first-order valence-electron chi connectivity index (χ1n) is 10.4. The molecule has 2 amide bonds. The normalized spacial score (nSPS) is 11.4. The lowest BCUT2D eigenvalue weighted by Crippen LogP contribution is -2.24. The second-order valence-electron chi connectivity index (χ2n) is 7.40. The largest absolute Gasteiger partial charge is 0.459 e. The topological polar surface area (TPSA) is 102 Å². The minimum absolute atomic E-state index is 0.0222. The van der Waals surface area contributed by atoms with Gasteiger partial charge in [0, 0.05) is 5.02 Å². The molecule has 0 atom stereocenters. The number of nitrogens with zero attached hydrogens (tertiary/aromatic N) is 3. The van der Waals surface area contributed by atoms with Crippen LogP contribution in [0, 0.1) is 0 Å². The molecule has 2 aromatic carbocycles. The third kappa shape index (κ3) is 6.64. The van der Waals surface area contributed by atoms with Crippen LogP contribution in [0.25, 0.3) is 5.69 Å². The summed E-state index contributed by atoms with van der Waals surface area (Å²) in [6.07, 6.45) is -3.22. The quantitative estimate of drug-likeness (QED) is 0.258. The summed E-state index contributed by atoms with van der Waals surface area (Å²) in [7, 11) is 0. The number of rotatable bonds is 8. The van der Waals surface area contributed by atoms with Crippen molar-refractivity contribution in [3.63, 3.8) is 0 Å². The summed E-state index contributed by atoms with van der Waals surface area (Å²) >= 11 is 13.1. The van der Waals surface area contributed by atoms with Crippen LogP contribution in [-0.4, -0.2) is 32.3 Å². The average molecular weight is 570 g/mol. The van der Waals surface area contributed by atoms with Crippen LogP contribution in [0.15, 0.2) is 70.4 Å². The molecule has 0 fully saturated rings. The van der Waals surface area contributed by atoms with E-state index in [9.17, 15) is 22.8 Å². The number of aromatic nitrogens is 3. The molecule has 2 aromatic heterocycles. The molecule has 2 heterocycles. The molecule has 192 valence electrons. The van der Waals surface area contributed by atoms with Crippen molar-refractivity contribution in [2.24, 2.45) is 0 Å². The summed E-state index contributed by atoms with van der Waals surface area (Å²) in [6, 6.07) is 12.5. The van der Waals surface area contributed by atoms with Crippen molar-refractivity contribution in [2.75, 3.05) is 11.1 Å². The highest BCUT2D eigenvalue weighted by Gasteiger charge is 2.31. The number of amides is 2. The zero-order valence-corrected chi connectivity index (χ0v) is 20.9. The Bertz CT molecular complexity index is 1430. The van der Waals surface area contributed by atoms with Gasteiger partial charge in [-0.15, -0.1) is 10.2 Å². The lowest BCUT2D eigenvalue weighted by atomic mass is 10.2. The van der Waals surface area contributed by atoms with Crippen molar-refractivity contribution < 1.29 is 27.2 Å². The van der Waals surface area contributed by atoms with Crippen LogP contribution in [0.1, 0.15) is 21.9 Å². The van der Waals surface area contributed by atoms with E-state index in [2.05, 4.69) is 20.8 Å². The Labute approximate surface area is 222 Å². The molecule has 0 saturated heterocycles. The van der Waals surface area contributed by atoms with Gasteiger partial charge in [0.05, 0.1) is 40.5 Å². The predicted octanol–water partition coefficient (Wildman–Crippen LogP) is 5.85.